The molecule has 0 aromatic heterocycles. The van der Waals surface area contributed by atoms with Crippen LogP contribution < -0.4 is 16.5 Å². The second-order valence-corrected chi connectivity index (χ2v) is 4.04. The minimum atomic E-state index is -0.171. The van der Waals surface area contributed by atoms with Gasteiger partial charge in [0, 0.05) is 18.2 Å². The first-order valence-corrected chi connectivity index (χ1v) is 5.69. The lowest BCUT2D eigenvalue weighted by Gasteiger charge is -2.08. The summed E-state index contributed by atoms with van der Waals surface area (Å²) in [5.41, 5.74) is 11.6. The van der Waals surface area contributed by atoms with Crippen molar-refractivity contribution in [3.8, 4) is 0 Å². The van der Waals surface area contributed by atoms with E-state index in [-0.39, 0.29) is 30.8 Å². The highest BCUT2D eigenvalue weighted by molar-refractivity contribution is 6.08. The number of rotatable bonds is 2. The predicted molar refractivity (Wildman–Crippen MR) is 86.7 cm³/mol. The number of fused-ring (bicyclic) bond motifs is 1. The number of benzene rings is 1. The van der Waals surface area contributed by atoms with Crippen LogP contribution in [0, 0.1) is 10.8 Å². The van der Waals surface area contributed by atoms with Crippen LogP contribution in [0.15, 0.2) is 23.3 Å². The molecule has 0 amide bonds. The van der Waals surface area contributed by atoms with Crippen LogP contribution in [-0.2, 0) is 6.42 Å². The molecule has 1 aliphatic carbocycles. The van der Waals surface area contributed by atoms with E-state index in [1.807, 2.05) is 18.2 Å². The number of hydrogen-bond donors (Lipinski definition) is 5. The van der Waals surface area contributed by atoms with Crippen molar-refractivity contribution in [2.75, 3.05) is 7.05 Å². The van der Waals surface area contributed by atoms with E-state index in [1.54, 1.807) is 7.05 Å². The van der Waals surface area contributed by atoms with Crippen LogP contribution in [0.1, 0.15) is 23.1 Å². The maximum Gasteiger partial charge on any atom is 0.206 e. The van der Waals surface area contributed by atoms with E-state index in [0.717, 1.165) is 35.2 Å². The molecule has 0 saturated carbocycles. The molecule has 20 heavy (non-hydrogen) atoms. The van der Waals surface area contributed by atoms with E-state index < -0.39 is 0 Å². The highest BCUT2D eigenvalue weighted by atomic mass is 35.5. The van der Waals surface area contributed by atoms with E-state index >= 15 is 0 Å². The van der Waals surface area contributed by atoms with E-state index in [1.165, 1.54) is 0 Å². The smallest absolute Gasteiger partial charge is 0.206 e. The Bertz CT molecular complexity index is 541. The average molecular weight is 317 g/mol. The summed E-state index contributed by atoms with van der Waals surface area (Å²) in [6.07, 6.45) is 1.65. The van der Waals surface area contributed by atoms with Crippen molar-refractivity contribution in [3.63, 3.8) is 0 Å². The molecule has 0 spiro atoms. The molecular weight excluding hydrogens is 299 g/mol. The number of nitrogens with one attached hydrogen (secondary N) is 4. The van der Waals surface area contributed by atoms with Crippen LogP contribution in [-0.4, -0.2) is 24.6 Å². The fourth-order valence-corrected chi connectivity index (χ4v) is 2.12. The Morgan fingerprint density at radius 3 is 2.55 bits per heavy atom. The average Bonchev–Trinajstić information content (AvgIpc) is 2.78. The molecule has 0 aliphatic heterocycles. The molecule has 1 aliphatic rings. The van der Waals surface area contributed by atoms with Crippen LogP contribution in [0.2, 0.25) is 0 Å². The summed E-state index contributed by atoms with van der Waals surface area (Å²) in [6, 6.07) is 5.82. The van der Waals surface area contributed by atoms with Gasteiger partial charge in [0.05, 0.1) is 5.71 Å². The lowest BCUT2D eigenvalue weighted by atomic mass is 10.0. The van der Waals surface area contributed by atoms with Gasteiger partial charge in [-0.25, -0.2) is 5.43 Å². The summed E-state index contributed by atoms with van der Waals surface area (Å²) >= 11 is 0. The van der Waals surface area contributed by atoms with Crippen molar-refractivity contribution >= 4 is 42.3 Å². The largest absolute Gasteiger partial charge is 0.373 e. The Balaban J connectivity index is 0.00000180. The molecule has 0 radical (unpaired) electrons. The molecule has 0 heterocycles. The molecule has 6 N–H and O–H groups in total. The van der Waals surface area contributed by atoms with Gasteiger partial charge in [0.2, 0.25) is 5.96 Å². The summed E-state index contributed by atoms with van der Waals surface area (Å²) in [7, 11) is 1.74. The second kappa shape index (κ2) is 7.72. The second-order valence-electron chi connectivity index (χ2n) is 4.04. The third-order valence-electron chi connectivity index (χ3n) is 2.93. The summed E-state index contributed by atoms with van der Waals surface area (Å²) < 4.78 is 0. The van der Waals surface area contributed by atoms with Gasteiger partial charge in [-0.2, -0.15) is 5.10 Å². The van der Waals surface area contributed by atoms with Crippen LogP contribution >= 0.6 is 24.8 Å². The van der Waals surface area contributed by atoms with E-state index in [2.05, 4.69) is 15.8 Å². The Labute approximate surface area is 130 Å². The Morgan fingerprint density at radius 1 is 1.25 bits per heavy atom. The first kappa shape index (κ1) is 18.2. The summed E-state index contributed by atoms with van der Waals surface area (Å²) in [4.78, 5) is 0. The number of nitrogens with zero attached hydrogens (tertiary/aromatic N) is 1. The minimum absolute atomic E-state index is 0. The Kier molecular flexibility index (Phi) is 7.02. The zero-order valence-corrected chi connectivity index (χ0v) is 12.6. The van der Waals surface area contributed by atoms with Crippen LogP contribution in [0.25, 0.3) is 0 Å². The molecule has 1 aromatic rings. The highest BCUT2D eigenvalue weighted by Gasteiger charge is 2.21. The zero-order valence-electron chi connectivity index (χ0n) is 11.0. The number of guanidine groups is 1. The standard InChI is InChI=1S/C12H16N6.2ClH/c1-16-11(13)9-4-2-3-8-7(9)5-6-10(8)17-18-12(14)15;;/h2-4H,5-6H2,1H3,(H2,13,16)(H4,14,15,18);2*1H. The van der Waals surface area contributed by atoms with Gasteiger partial charge >= 0.3 is 0 Å². The number of amidine groups is 1. The molecule has 0 atom stereocenters. The van der Waals surface area contributed by atoms with E-state index in [0.29, 0.717) is 5.84 Å². The fraction of sp³-hybridized carbons (Fsp3) is 0.250. The molecule has 2 rings (SSSR count). The van der Waals surface area contributed by atoms with Crippen molar-refractivity contribution in [1.82, 2.24) is 10.7 Å². The third-order valence-corrected chi connectivity index (χ3v) is 2.93. The van der Waals surface area contributed by atoms with E-state index in [9.17, 15) is 0 Å². The molecule has 1 aromatic carbocycles. The first-order chi connectivity index (χ1) is 8.63. The fourth-order valence-electron chi connectivity index (χ4n) is 2.12. The minimum Gasteiger partial charge on any atom is -0.373 e. The normalized spacial score (nSPS) is 13.8. The Morgan fingerprint density at radius 2 is 1.95 bits per heavy atom. The van der Waals surface area contributed by atoms with Crippen LogP contribution in [0.3, 0.4) is 0 Å². The molecule has 0 bridgehead atoms. The summed E-state index contributed by atoms with van der Waals surface area (Å²) in [5, 5.41) is 21.9. The molecule has 0 fully saturated rings. The number of halogens is 2. The van der Waals surface area contributed by atoms with Crippen molar-refractivity contribution < 1.29 is 0 Å². The van der Waals surface area contributed by atoms with Gasteiger partial charge in [0.1, 0.15) is 5.84 Å². The van der Waals surface area contributed by atoms with Gasteiger partial charge in [-0.3, -0.25) is 10.8 Å². The maximum atomic E-state index is 7.86. The lowest BCUT2D eigenvalue weighted by Crippen LogP contribution is -2.26. The van der Waals surface area contributed by atoms with Crippen LogP contribution in [0.4, 0.5) is 0 Å². The van der Waals surface area contributed by atoms with Gasteiger partial charge in [0.25, 0.3) is 0 Å². The molecular formula is C12H18Cl2N6. The topological polar surface area (TPSA) is 110 Å². The van der Waals surface area contributed by atoms with Crippen molar-refractivity contribution in [3.05, 3.63) is 34.9 Å². The van der Waals surface area contributed by atoms with E-state index in [4.69, 9.17) is 16.6 Å². The molecule has 110 valence electrons. The van der Waals surface area contributed by atoms with Gasteiger partial charge in [-0.05, 0) is 18.4 Å². The molecule has 0 saturated heterocycles. The lowest BCUT2D eigenvalue weighted by molar-refractivity contribution is 0.976. The number of nitrogens with two attached hydrogens (primary N) is 1. The maximum absolute atomic E-state index is 7.86. The molecule has 6 nitrogen and oxygen atoms in total. The molecule has 8 heteroatoms. The Hall–Kier alpha value is -1.79. The summed E-state index contributed by atoms with van der Waals surface area (Å²) in [6.45, 7) is 0. The first-order valence-electron chi connectivity index (χ1n) is 5.69. The predicted octanol–water partition coefficient (Wildman–Crippen LogP) is 1.21. The van der Waals surface area contributed by atoms with Gasteiger partial charge in [-0.1, -0.05) is 18.2 Å². The molecule has 0 unspecified atom stereocenters. The highest BCUT2D eigenvalue weighted by Crippen LogP contribution is 2.25. The quantitative estimate of drug-likeness (QED) is 0.321. The SMILES string of the molecule is CNC(=N)c1cccc2c1CCC2=NNC(=N)N.Cl.Cl. The van der Waals surface area contributed by atoms with Crippen LogP contribution in [0.5, 0.6) is 0 Å². The summed E-state index contributed by atoms with van der Waals surface area (Å²) in [5.74, 6) is 0.239. The monoisotopic (exact) mass is 316 g/mol. The van der Waals surface area contributed by atoms with Crippen molar-refractivity contribution in [2.45, 2.75) is 12.8 Å². The van der Waals surface area contributed by atoms with Crippen molar-refractivity contribution in [1.29, 1.82) is 10.8 Å². The van der Waals surface area contributed by atoms with Crippen molar-refractivity contribution in [2.24, 2.45) is 10.8 Å². The van der Waals surface area contributed by atoms with Gasteiger partial charge in [-0.15, -0.1) is 24.8 Å². The number of hydrazone groups is 1. The number of hydrogen-bond acceptors (Lipinski definition) is 3. The van der Waals surface area contributed by atoms with Gasteiger partial charge < -0.3 is 11.1 Å². The third kappa shape index (κ3) is 3.61. The van der Waals surface area contributed by atoms with Gasteiger partial charge in [0.15, 0.2) is 0 Å². The zero-order chi connectivity index (χ0) is 13.1.